The van der Waals surface area contributed by atoms with Crippen LogP contribution in [-0.2, 0) is 5.41 Å². The van der Waals surface area contributed by atoms with Crippen molar-refractivity contribution in [2.24, 2.45) is 0 Å². The van der Waals surface area contributed by atoms with Gasteiger partial charge < -0.3 is 4.90 Å². The molecule has 0 saturated carbocycles. The number of nitrogens with zero attached hydrogens (tertiary/aromatic N) is 1. The van der Waals surface area contributed by atoms with Crippen molar-refractivity contribution in [2.45, 2.75) is 19.3 Å². The van der Waals surface area contributed by atoms with Crippen LogP contribution in [-0.4, -0.2) is 7.05 Å². The molecule has 5 rings (SSSR count). The van der Waals surface area contributed by atoms with Gasteiger partial charge in [0.15, 0.2) is 0 Å². The monoisotopic (exact) mass is 323 g/mol. The first-order chi connectivity index (χ1) is 12.1. The molecule has 0 N–H and O–H groups in total. The van der Waals surface area contributed by atoms with E-state index in [0.29, 0.717) is 0 Å². The van der Waals surface area contributed by atoms with Gasteiger partial charge in [0.1, 0.15) is 0 Å². The molecule has 1 heteroatoms. The van der Waals surface area contributed by atoms with Crippen molar-refractivity contribution in [3.63, 3.8) is 0 Å². The highest BCUT2D eigenvalue weighted by molar-refractivity contribution is 5.93. The largest absolute Gasteiger partial charge is 0.344 e. The molecule has 3 aromatic rings. The second kappa shape index (κ2) is 4.86. The molecule has 0 spiro atoms. The summed E-state index contributed by atoms with van der Waals surface area (Å²) < 4.78 is 0. The second-order valence-electron chi connectivity index (χ2n) is 7.58. The Morgan fingerprint density at radius 1 is 0.680 bits per heavy atom. The standard InChI is InChI=1S/C24H21N/c1-24(2)20-10-6-5-9-18(20)19-15-23-17(14-21(19)24)13-12-16-8-4-7-11-22(16)25(23)3/h4-15H,1-3H3. The predicted octanol–water partition coefficient (Wildman–Crippen LogP) is 6.24. The Morgan fingerprint density at radius 3 is 2.28 bits per heavy atom. The maximum atomic E-state index is 2.39. The number of rotatable bonds is 0. The first kappa shape index (κ1) is 14.5. The smallest absolute Gasteiger partial charge is 0.0488 e. The normalized spacial score (nSPS) is 15.9. The van der Waals surface area contributed by atoms with E-state index in [4.69, 9.17) is 0 Å². The summed E-state index contributed by atoms with van der Waals surface area (Å²) in [6.45, 7) is 4.67. The summed E-state index contributed by atoms with van der Waals surface area (Å²) in [6, 6.07) is 22.2. The van der Waals surface area contributed by atoms with Gasteiger partial charge in [-0.15, -0.1) is 0 Å². The van der Waals surface area contributed by atoms with Crippen LogP contribution in [0.4, 0.5) is 11.4 Å². The Hall–Kier alpha value is -2.80. The lowest BCUT2D eigenvalue weighted by Gasteiger charge is -2.25. The number of hydrogen-bond donors (Lipinski definition) is 0. The third kappa shape index (κ3) is 1.90. The van der Waals surface area contributed by atoms with Gasteiger partial charge in [-0.3, -0.25) is 0 Å². The fraction of sp³-hybridized carbons (Fsp3) is 0.167. The SMILES string of the molecule is CN1c2ccccc2C=Cc2cc3c(cc21)-c1ccccc1C3(C)C. The average Bonchev–Trinajstić information content (AvgIpc) is 2.76. The predicted molar refractivity (Wildman–Crippen MR) is 107 cm³/mol. The molecule has 0 bridgehead atoms. The van der Waals surface area contributed by atoms with E-state index in [1.807, 2.05) is 0 Å². The molecular weight excluding hydrogens is 302 g/mol. The summed E-state index contributed by atoms with van der Waals surface area (Å²) in [6.07, 6.45) is 4.50. The van der Waals surface area contributed by atoms with Crippen LogP contribution >= 0.6 is 0 Å². The van der Waals surface area contributed by atoms with E-state index in [1.165, 1.54) is 44.8 Å². The van der Waals surface area contributed by atoms with E-state index >= 15 is 0 Å². The van der Waals surface area contributed by atoms with Gasteiger partial charge in [0.2, 0.25) is 0 Å². The number of para-hydroxylation sites is 1. The Kier molecular flexibility index (Phi) is 2.82. The minimum Gasteiger partial charge on any atom is -0.344 e. The number of hydrogen-bond acceptors (Lipinski definition) is 1. The quantitative estimate of drug-likeness (QED) is 0.473. The molecule has 25 heavy (non-hydrogen) atoms. The molecule has 122 valence electrons. The van der Waals surface area contributed by atoms with Crippen molar-refractivity contribution in [3.8, 4) is 11.1 Å². The van der Waals surface area contributed by atoms with Gasteiger partial charge in [-0.2, -0.15) is 0 Å². The summed E-state index contributed by atoms with van der Waals surface area (Å²) in [5.41, 5.74) is 10.7. The molecule has 2 aliphatic rings. The summed E-state index contributed by atoms with van der Waals surface area (Å²) in [4.78, 5) is 2.32. The van der Waals surface area contributed by atoms with E-state index in [1.54, 1.807) is 0 Å². The summed E-state index contributed by atoms with van der Waals surface area (Å²) >= 11 is 0. The highest BCUT2D eigenvalue weighted by Gasteiger charge is 2.36. The summed E-state index contributed by atoms with van der Waals surface area (Å²) in [7, 11) is 2.17. The molecule has 1 aliphatic carbocycles. The molecule has 0 atom stereocenters. The molecule has 1 nitrogen and oxygen atoms in total. The topological polar surface area (TPSA) is 3.24 Å². The van der Waals surface area contributed by atoms with Crippen LogP contribution in [0.2, 0.25) is 0 Å². The number of benzene rings is 3. The molecule has 0 saturated heterocycles. The van der Waals surface area contributed by atoms with Gasteiger partial charge in [-0.1, -0.05) is 68.5 Å². The van der Waals surface area contributed by atoms with E-state index < -0.39 is 0 Å². The van der Waals surface area contributed by atoms with Crippen LogP contribution in [0.25, 0.3) is 23.3 Å². The Labute approximate surface area is 149 Å². The Balaban J connectivity index is 1.80. The minimum absolute atomic E-state index is 0.0481. The van der Waals surface area contributed by atoms with Gasteiger partial charge in [0, 0.05) is 23.8 Å². The first-order valence-corrected chi connectivity index (χ1v) is 8.86. The third-order valence-electron chi connectivity index (χ3n) is 5.83. The van der Waals surface area contributed by atoms with Crippen molar-refractivity contribution in [2.75, 3.05) is 11.9 Å². The highest BCUT2D eigenvalue weighted by atomic mass is 15.1. The molecule has 0 aromatic heterocycles. The molecule has 1 heterocycles. The molecule has 1 aliphatic heterocycles. The van der Waals surface area contributed by atoms with Crippen LogP contribution in [0.3, 0.4) is 0 Å². The molecule has 0 amide bonds. The minimum atomic E-state index is 0.0481. The second-order valence-corrected chi connectivity index (χ2v) is 7.58. The highest BCUT2D eigenvalue weighted by Crippen LogP contribution is 2.51. The van der Waals surface area contributed by atoms with Crippen LogP contribution in [0.5, 0.6) is 0 Å². The molecule has 0 radical (unpaired) electrons. The average molecular weight is 323 g/mol. The van der Waals surface area contributed by atoms with E-state index in [0.717, 1.165) is 0 Å². The fourth-order valence-corrected chi connectivity index (χ4v) is 4.42. The molecule has 3 aromatic carbocycles. The van der Waals surface area contributed by atoms with Gasteiger partial charge in [0.25, 0.3) is 0 Å². The maximum absolute atomic E-state index is 2.39. The zero-order valence-corrected chi connectivity index (χ0v) is 14.9. The van der Waals surface area contributed by atoms with Crippen LogP contribution < -0.4 is 4.90 Å². The Bertz CT molecular complexity index is 1040. The lowest BCUT2D eigenvalue weighted by molar-refractivity contribution is 0.660. The summed E-state index contributed by atoms with van der Waals surface area (Å²) in [5.74, 6) is 0. The number of fused-ring (bicyclic) bond motifs is 5. The zero-order chi connectivity index (χ0) is 17.2. The molecular formula is C24H21N. The maximum Gasteiger partial charge on any atom is 0.0488 e. The van der Waals surface area contributed by atoms with Crippen LogP contribution in [0, 0.1) is 0 Å². The third-order valence-corrected chi connectivity index (χ3v) is 5.83. The first-order valence-electron chi connectivity index (χ1n) is 8.86. The van der Waals surface area contributed by atoms with Gasteiger partial charge in [-0.25, -0.2) is 0 Å². The molecule has 0 unspecified atom stereocenters. The lowest BCUT2D eigenvalue weighted by Crippen LogP contribution is -2.16. The fourth-order valence-electron chi connectivity index (χ4n) is 4.42. The van der Waals surface area contributed by atoms with Crippen LogP contribution in [0.1, 0.15) is 36.1 Å². The van der Waals surface area contributed by atoms with Crippen molar-refractivity contribution >= 4 is 23.5 Å². The van der Waals surface area contributed by atoms with E-state index in [2.05, 4.69) is 98.6 Å². The van der Waals surface area contributed by atoms with Crippen molar-refractivity contribution < 1.29 is 0 Å². The van der Waals surface area contributed by atoms with Crippen molar-refractivity contribution in [1.29, 1.82) is 0 Å². The molecule has 0 fully saturated rings. The van der Waals surface area contributed by atoms with Gasteiger partial charge >= 0.3 is 0 Å². The van der Waals surface area contributed by atoms with Crippen LogP contribution in [0.15, 0.2) is 60.7 Å². The van der Waals surface area contributed by atoms with Gasteiger partial charge in [-0.05, 0) is 51.6 Å². The van der Waals surface area contributed by atoms with E-state index in [-0.39, 0.29) is 5.41 Å². The van der Waals surface area contributed by atoms with Gasteiger partial charge in [0.05, 0.1) is 0 Å². The van der Waals surface area contributed by atoms with Crippen molar-refractivity contribution in [1.82, 2.24) is 0 Å². The summed E-state index contributed by atoms with van der Waals surface area (Å²) in [5, 5.41) is 0. The Morgan fingerprint density at radius 2 is 1.40 bits per heavy atom. The lowest BCUT2D eigenvalue weighted by atomic mass is 9.82. The van der Waals surface area contributed by atoms with E-state index in [9.17, 15) is 0 Å². The zero-order valence-electron chi connectivity index (χ0n) is 14.9. The van der Waals surface area contributed by atoms with Crippen molar-refractivity contribution in [3.05, 3.63) is 82.9 Å². The number of anilines is 2.